The number of hydrogen-bond acceptors (Lipinski definition) is 2. The molecule has 1 aromatic carbocycles. The van der Waals surface area contributed by atoms with Crippen LogP contribution in [-0.2, 0) is 4.79 Å². The van der Waals surface area contributed by atoms with Crippen LogP contribution in [0.2, 0.25) is 5.02 Å². The maximum atomic E-state index is 11.1. The number of carboxylic acid groups (broad SMARTS) is 1. The summed E-state index contributed by atoms with van der Waals surface area (Å²) in [5.74, 6) is -1.49. The summed E-state index contributed by atoms with van der Waals surface area (Å²) in [4.78, 5) is 15.6. The molecule has 3 nitrogen and oxygen atoms in total. The highest BCUT2D eigenvalue weighted by Gasteiger charge is 2.18. The average Bonchev–Trinajstić information content (AvgIpc) is 2.32. The summed E-state index contributed by atoms with van der Waals surface area (Å²) in [5, 5.41) is 10.7. The molecule has 18 heavy (non-hydrogen) atoms. The Kier molecular flexibility index (Phi) is 3.26. The van der Waals surface area contributed by atoms with Gasteiger partial charge < -0.3 is 5.11 Å². The molecule has 0 amide bonds. The van der Waals surface area contributed by atoms with Gasteiger partial charge in [0, 0.05) is 10.4 Å². The first kappa shape index (κ1) is 12.8. The van der Waals surface area contributed by atoms with Crippen LogP contribution in [0.4, 0.5) is 0 Å². The lowest BCUT2D eigenvalue weighted by atomic mass is 10.00. The molecule has 0 aliphatic rings. The molecule has 1 heterocycles. The second kappa shape index (κ2) is 4.58. The Hall–Kier alpha value is -1.61. The minimum atomic E-state index is -0.871. The average molecular weight is 264 g/mol. The Labute approximate surface area is 110 Å². The molecular formula is C14H14ClNO2. The normalized spacial score (nSPS) is 12.7. The summed E-state index contributed by atoms with van der Waals surface area (Å²) in [6, 6.07) is 5.70. The number of nitrogens with zero attached hydrogens (tertiary/aromatic N) is 1. The summed E-state index contributed by atoms with van der Waals surface area (Å²) in [6.07, 6.45) is 0. The fourth-order valence-electron chi connectivity index (χ4n) is 2.03. The zero-order valence-electron chi connectivity index (χ0n) is 10.5. The van der Waals surface area contributed by atoms with Gasteiger partial charge in [0.2, 0.25) is 0 Å². The van der Waals surface area contributed by atoms with Gasteiger partial charge in [-0.3, -0.25) is 9.78 Å². The fraction of sp³-hybridized carbons (Fsp3) is 0.286. The predicted octanol–water partition coefficient (Wildman–Crippen LogP) is 3.69. The number of fused-ring (bicyclic) bond motifs is 1. The van der Waals surface area contributed by atoms with Crippen molar-refractivity contribution >= 4 is 28.5 Å². The topological polar surface area (TPSA) is 50.2 Å². The van der Waals surface area contributed by atoms with Crippen LogP contribution in [-0.4, -0.2) is 16.1 Å². The van der Waals surface area contributed by atoms with E-state index in [1.165, 1.54) is 0 Å². The van der Waals surface area contributed by atoms with E-state index in [1.54, 1.807) is 6.92 Å². The lowest BCUT2D eigenvalue weighted by molar-refractivity contribution is -0.138. The van der Waals surface area contributed by atoms with Crippen LogP contribution >= 0.6 is 11.6 Å². The van der Waals surface area contributed by atoms with Gasteiger partial charge in [-0.15, -0.1) is 0 Å². The molecule has 1 atom stereocenters. The van der Waals surface area contributed by atoms with Crippen LogP contribution in [0.5, 0.6) is 0 Å². The van der Waals surface area contributed by atoms with E-state index in [0.717, 1.165) is 22.0 Å². The number of aliphatic carboxylic acids is 1. The molecule has 0 saturated heterocycles. The Balaban J connectivity index is 2.74. The molecule has 0 saturated carbocycles. The van der Waals surface area contributed by atoms with Crippen LogP contribution in [0.1, 0.15) is 29.7 Å². The number of aromatic nitrogens is 1. The maximum Gasteiger partial charge on any atom is 0.312 e. The van der Waals surface area contributed by atoms with Gasteiger partial charge in [-0.1, -0.05) is 17.7 Å². The molecule has 1 N–H and O–H groups in total. The lowest BCUT2D eigenvalue weighted by Gasteiger charge is -2.12. The number of benzene rings is 1. The second-order valence-electron chi connectivity index (χ2n) is 4.49. The number of aryl methyl sites for hydroxylation is 2. The number of hydrogen-bond donors (Lipinski definition) is 1. The van der Waals surface area contributed by atoms with Crippen molar-refractivity contribution in [3.63, 3.8) is 0 Å². The number of carbonyl (C=O) groups is 1. The van der Waals surface area contributed by atoms with Crippen molar-refractivity contribution in [2.75, 3.05) is 0 Å². The molecular weight excluding hydrogens is 250 g/mol. The second-order valence-corrected chi connectivity index (χ2v) is 4.90. The van der Waals surface area contributed by atoms with Gasteiger partial charge >= 0.3 is 5.97 Å². The number of halogens is 1. The quantitative estimate of drug-likeness (QED) is 0.899. The molecule has 2 rings (SSSR count). The Morgan fingerprint density at radius 2 is 2.06 bits per heavy atom. The van der Waals surface area contributed by atoms with E-state index in [0.29, 0.717) is 10.7 Å². The summed E-state index contributed by atoms with van der Waals surface area (Å²) < 4.78 is 0. The Morgan fingerprint density at radius 3 is 2.67 bits per heavy atom. The van der Waals surface area contributed by atoms with E-state index in [4.69, 9.17) is 16.7 Å². The zero-order valence-corrected chi connectivity index (χ0v) is 11.2. The zero-order chi connectivity index (χ0) is 13.4. The first-order chi connectivity index (χ1) is 8.41. The van der Waals surface area contributed by atoms with Crippen LogP contribution in [0.25, 0.3) is 10.9 Å². The smallest absolute Gasteiger partial charge is 0.312 e. The van der Waals surface area contributed by atoms with E-state index in [2.05, 4.69) is 4.98 Å². The van der Waals surface area contributed by atoms with Gasteiger partial charge in [0.15, 0.2) is 0 Å². The summed E-state index contributed by atoms with van der Waals surface area (Å²) in [7, 11) is 0. The van der Waals surface area contributed by atoms with Gasteiger partial charge in [-0.2, -0.15) is 0 Å². The van der Waals surface area contributed by atoms with E-state index in [9.17, 15) is 4.79 Å². The maximum absolute atomic E-state index is 11.1. The Morgan fingerprint density at radius 1 is 1.39 bits per heavy atom. The number of pyridine rings is 1. The molecule has 94 valence electrons. The van der Waals surface area contributed by atoms with E-state index in [1.807, 2.05) is 32.0 Å². The van der Waals surface area contributed by atoms with E-state index >= 15 is 0 Å². The number of carboxylic acids is 1. The molecule has 4 heteroatoms. The van der Waals surface area contributed by atoms with Crippen LogP contribution in [0, 0.1) is 13.8 Å². The first-order valence-electron chi connectivity index (χ1n) is 5.71. The molecule has 0 bridgehead atoms. The standard InChI is InChI=1S/C14H14ClNO2/c1-7-6-10-4-5-11(15)8(2)13(10)16-12(7)9(3)14(17)18/h4-6,9H,1-3H3,(H,17,18). The summed E-state index contributed by atoms with van der Waals surface area (Å²) in [6.45, 7) is 5.41. The molecule has 0 aliphatic heterocycles. The van der Waals surface area contributed by atoms with Crippen LogP contribution in [0.15, 0.2) is 18.2 Å². The molecule has 0 fully saturated rings. The predicted molar refractivity (Wildman–Crippen MR) is 72.3 cm³/mol. The first-order valence-corrected chi connectivity index (χ1v) is 6.08. The van der Waals surface area contributed by atoms with Crippen LogP contribution < -0.4 is 0 Å². The highest BCUT2D eigenvalue weighted by atomic mass is 35.5. The molecule has 0 aliphatic carbocycles. The largest absolute Gasteiger partial charge is 0.481 e. The molecule has 0 spiro atoms. The van der Waals surface area contributed by atoms with Crippen molar-refractivity contribution in [3.05, 3.63) is 40.0 Å². The number of rotatable bonds is 2. The SMILES string of the molecule is Cc1cc2ccc(Cl)c(C)c2nc1C(C)C(=O)O. The fourth-order valence-corrected chi connectivity index (χ4v) is 2.18. The van der Waals surface area contributed by atoms with Crippen molar-refractivity contribution in [2.24, 2.45) is 0 Å². The van der Waals surface area contributed by atoms with Crippen LogP contribution in [0.3, 0.4) is 0 Å². The van der Waals surface area contributed by atoms with Crippen molar-refractivity contribution in [2.45, 2.75) is 26.7 Å². The monoisotopic (exact) mass is 263 g/mol. The van der Waals surface area contributed by atoms with Gasteiger partial charge in [-0.25, -0.2) is 0 Å². The summed E-state index contributed by atoms with van der Waals surface area (Å²) in [5.41, 5.74) is 3.14. The van der Waals surface area contributed by atoms with Gasteiger partial charge in [0.25, 0.3) is 0 Å². The van der Waals surface area contributed by atoms with Gasteiger partial charge in [-0.05, 0) is 44.0 Å². The van der Waals surface area contributed by atoms with Crippen molar-refractivity contribution in [3.8, 4) is 0 Å². The van der Waals surface area contributed by atoms with E-state index < -0.39 is 11.9 Å². The van der Waals surface area contributed by atoms with E-state index in [-0.39, 0.29) is 0 Å². The molecule has 1 unspecified atom stereocenters. The molecule has 1 aromatic heterocycles. The van der Waals surface area contributed by atoms with Crippen molar-refractivity contribution in [1.29, 1.82) is 0 Å². The lowest BCUT2D eigenvalue weighted by Crippen LogP contribution is -2.11. The molecule has 0 radical (unpaired) electrons. The van der Waals surface area contributed by atoms with Crippen molar-refractivity contribution in [1.82, 2.24) is 4.98 Å². The minimum absolute atomic E-state index is 0.598. The van der Waals surface area contributed by atoms with Crippen molar-refractivity contribution < 1.29 is 9.90 Å². The summed E-state index contributed by atoms with van der Waals surface area (Å²) >= 11 is 6.07. The minimum Gasteiger partial charge on any atom is -0.481 e. The third kappa shape index (κ3) is 2.06. The Bertz CT molecular complexity index is 637. The molecule has 2 aromatic rings. The third-order valence-corrected chi connectivity index (χ3v) is 3.59. The highest BCUT2D eigenvalue weighted by Crippen LogP contribution is 2.28. The van der Waals surface area contributed by atoms with Gasteiger partial charge in [0.1, 0.15) is 0 Å². The van der Waals surface area contributed by atoms with Gasteiger partial charge in [0.05, 0.1) is 17.1 Å². The third-order valence-electron chi connectivity index (χ3n) is 3.18. The highest BCUT2D eigenvalue weighted by molar-refractivity contribution is 6.32.